The zero-order valence-electron chi connectivity index (χ0n) is 14.0. The molecule has 2 aromatic rings. The summed E-state index contributed by atoms with van der Waals surface area (Å²) in [5.74, 6) is 1.12. The van der Waals surface area contributed by atoms with Crippen LogP contribution in [0, 0.1) is 0 Å². The zero-order chi connectivity index (χ0) is 18.1. The van der Waals surface area contributed by atoms with E-state index in [1.807, 2.05) is 19.2 Å². The Morgan fingerprint density at radius 1 is 1.24 bits per heavy atom. The molecule has 0 radical (unpaired) electrons. The molecule has 1 aromatic carbocycles. The molecule has 1 heterocycles. The third-order valence-corrected chi connectivity index (χ3v) is 5.67. The van der Waals surface area contributed by atoms with E-state index in [-0.39, 0.29) is 11.8 Å². The van der Waals surface area contributed by atoms with E-state index in [1.54, 1.807) is 47.8 Å². The van der Waals surface area contributed by atoms with Crippen molar-refractivity contribution in [2.75, 3.05) is 23.1 Å². The normalized spacial score (nSPS) is 11.8. The highest BCUT2D eigenvalue weighted by Crippen LogP contribution is 2.25. The van der Waals surface area contributed by atoms with Gasteiger partial charge in [-0.15, -0.1) is 10.2 Å². The van der Waals surface area contributed by atoms with Crippen molar-refractivity contribution in [3.63, 3.8) is 0 Å². The number of nitrogens with zero attached hydrogens (tertiary/aromatic N) is 2. The minimum atomic E-state index is -0.619. The van der Waals surface area contributed by atoms with Crippen LogP contribution in [0.5, 0.6) is 0 Å². The molecule has 2 N–H and O–H groups in total. The fraction of sp³-hybridized carbons (Fsp3) is 0.375. The topological polar surface area (TPSA) is 84.0 Å². The molecule has 0 bridgehead atoms. The second-order valence-electron chi connectivity index (χ2n) is 4.97. The lowest BCUT2D eigenvalue weighted by molar-refractivity contribution is -0.118. The van der Waals surface area contributed by atoms with Crippen LogP contribution < -0.4 is 10.6 Å². The van der Waals surface area contributed by atoms with Gasteiger partial charge in [0.2, 0.25) is 11.0 Å². The molecule has 2 rings (SSSR count). The molecule has 0 fully saturated rings. The van der Waals surface area contributed by atoms with Crippen LogP contribution in [0.15, 0.2) is 34.7 Å². The average molecular weight is 397 g/mol. The highest BCUT2D eigenvalue weighted by molar-refractivity contribution is 8.01. The first-order chi connectivity index (χ1) is 12.1. The second kappa shape index (κ2) is 10.4. The van der Waals surface area contributed by atoms with Crippen LogP contribution >= 0.6 is 34.9 Å². The fourth-order valence-electron chi connectivity index (χ4n) is 1.97. The van der Waals surface area contributed by atoms with E-state index in [9.17, 15) is 9.59 Å². The fourth-order valence-corrected chi connectivity index (χ4v) is 4.09. The van der Waals surface area contributed by atoms with Crippen LogP contribution in [-0.2, 0) is 4.79 Å². The van der Waals surface area contributed by atoms with E-state index in [0.29, 0.717) is 17.1 Å². The number of hydrogen-bond acceptors (Lipinski definition) is 7. The number of carbonyl (C=O) groups is 2. The highest BCUT2D eigenvalue weighted by Gasteiger charge is 2.22. The summed E-state index contributed by atoms with van der Waals surface area (Å²) in [4.78, 5) is 24.9. The quantitative estimate of drug-likeness (QED) is 0.500. The third kappa shape index (κ3) is 6.33. The van der Waals surface area contributed by atoms with Crippen LogP contribution in [0.4, 0.5) is 5.13 Å². The van der Waals surface area contributed by atoms with Gasteiger partial charge in [-0.3, -0.25) is 14.9 Å². The summed E-state index contributed by atoms with van der Waals surface area (Å²) in [7, 11) is 0. The van der Waals surface area contributed by atoms with Crippen molar-refractivity contribution in [3.8, 4) is 0 Å². The minimum Gasteiger partial charge on any atom is -0.340 e. The molecule has 9 heteroatoms. The molecule has 1 aromatic heterocycles. The number of thioether (sulfide) groups is 2. The monoisotopic (exact) mass is 396 g/mol. The van der Waals surface area contributed by atoms with Crippen LogP contribution in [0.25, 0.3) is 0 Å². The first-order valence-electron chi connectivity index (χ1n) is 7.76. The van der Waals surface area contributed by atoms with Crippen molar-refractivity contribution in [2.24, 2.45) is 0 Å². The van der Waals surface area contributed by atoms with E-state index < -0.39 is 6.04 Å². The standard InChI is InChI=1S/C16H20N4O2S3/c1-3-24-16-20-19-15(25-16)18-14(22)12(9-10-23-2)17-13(21)11-7-5-4-6-8-11/h4-8,12H,3,9-10H2,1-2H3,(H,17,21)(H,18,19,22). The van der Waals surface area contributed by atoms with Gasteiger partial charge in [-0.05, 0) is 36.3 Å². The lowest BCUT2D eigenvalue weighted by atomic mass is 10.1. The summed E-state index contributed by atoms with van der Waals surface area (Å²) in [6.07, 6.45) is 2.51. The molecule has 134 valence electrons. The second-order valence-corrected chi connectivity index (χ2v) is 8.44. The lowest BCUT2D eigenvalue weighted by Crippen LogP contribution is -2.44. The molecule has 6 nitrogen and oxygen atoms in total. The van der Waals surface area contributed by atoms with Crippen molar-refractivity contribution < 1.29 is 9.59 Å². The number of hydrogen-bond donors (Lipinski definition) is 2. The van der Waals surface area contributed by atoms with Gasteiger partial charge in [-0.1, -0.05) is 48.2 Å². The molecular weight excluding hydrogens is 376 g/mol. The molecule has 1 unspecified atom stereocenters. The van der Waals surface area contributed by atoms with Crippen molar-refractivity contribution >= 4 is 51.8 Å². The van der Waals surface area contributed by atoms with E-state index in [2.05, 4.69) is 20.8 Å². The number of aromatic nitrogens is 2. The van der Waals surface area contributed by atoms with Crippen LogP contribution in [0.2, 0.25) is 0 Å². The van der Waals surface area contributed by atoms with E-state index in [4.69, 9.17) is 0 Å². The molecule has 0 saturated carbocycles. The molecule has 25 heavy (non-hydrogen) atoms. The Morgan fingerprint density at radius 3 is 2.68 bits per heavy atom. The largest absolute Gasteiger partial charge is 0.340 e. The minimum absolute atomic E-state index is 0.263. The van der Waals surface area contributed by atoms with Crippen molar-refractivity contribution in [1.29, 1.82) is 0 Å². The van der Waals surface area contributed by atoms with Crippen molar-refractivity contribution in [3.05, 3.63) is 35.9 Å². The molecule has 0 aliphatic rings. The van der Waals surface area contributed by atoms with Gasteiger partial charge in [0.15, 0.2) is 4.34 Å². The molecule has 0 aliphatic heterocycles. The Labute approximate surface area is 159 Å². The maximum absolute atomic E-state index is 12.5. The van der Waals surface area contributed by atoms with Gasteiger partial charge in [-0.2, -0.15) is 11.8 Å². The van der Waals surface area contributed by atoms with Crippen molar-refractivity contribution in [2.45, 2.75) is 23.7 Å². The summed E-state index contributed by atoms with van der Waals surface area (Å²) in [5, 5.41) is 14.0. The summed E-state index contributed by atoms with van der Waals surface area (Å²) in [5.41, 5.74) is 0.530. The SMILES string of the molecule is CCSc1nnc(NC(=O)C(CCSC)NC(=O)c2ccccc2)s1. The first-order valence-corrected chi connectivity index (χ1v) is 11.0. The van der Waals surface area contributed by atoms with E-state index in [1.165, 1.54) is 11.3 Å². The maximum atomic E-state index is 12.5. The predicted molar refractivity (Wildman–Crippen MR) is 106 cm³/mol. The Balaban J connectivity index is 2.01. The van der Waals surface area contributed by atoms with Gasteiger partial charge in [0.1, 0.15) is 6.04 Å². The van der Waals surface area contributed by atoms with Gasteiger partial charge >= 0.3 is 0 Å². The number of amides is 2. The predicted octanol–water partition coefficient (Wildman–Crippen LogP) is 3.14. The Kier molecular flexibility index (Phi) is 8.23. The molecule has 0 saturated heterocycles. The Bertz CT molecular complexity index is 694. The van der Waals surface area contributed by atoms with Gasteiger partial charge < -0.3 is 5.32 Å². The number of benzene rings is 1. The zero-order valence-corrected chi connectivity index (χ0v) is 16.5. The maximum Gasteiger partial charge on any atom is 0.251 e. The number of nitrogens with one attached hydrogen (secondary N) is 2. The van der Waals surface area contributed by atoms with Crippen molar-refractivity contribution in [1.82, 2.24) is 15.5 Å². The van der Waals surface area contributed by atoms with Crippen LogP contribution in [-0.4, -0.2) is 45.8 Å². The van der Waals surface area contributed by atoms with Crippen LogP contribution in [0.3, 0.4) is 0 Å². The summed E-state index contributed by atoms with van der Waals surface area (Å²) in [6, 6.07) is 8.25. The summed E-state index contributed by atoms with van der Waals surface area (Å²) >= 11 is 4.53. The molecule has 2 amide bonds. The third-order valence-electron chi connectivity index (χ3n) is 3.17. The van der Waals surface area contributed by atoms with Gasteiger partial charge in [0.05, 0.1) is 0 Å². The molecule has 0 spiro atoms. The van der Waals surface area contributed by atoms with Crippen LogP contribution in [0.1, 0.15) is 23.7 Å². The van der Waals surface area contributed by atoms with Gasteiger partial charge in [0.25, 0.3) is 5.91 Å². The molecule has 1 atom stereocenters. The number of anilines is 1. The highest BCUT2D eigenvalue weighted by atomic mass is 32.2. The Morgan fingerprint density at radius 2 is 2.00 bits per heavy atom. The number of carbonyl (C=O) groups excluding carboxylic acids is 2. The Hall–Kier alpha value is -1.58. The average Bonchev–Trinajstić information content (AvgIpc) is 3.06. The first kappa shape index (κ1) is 19.7. The summed E-state index contributed by atoms with van der Waals surface area (Å²) in [6.45, 7) is 2.03. The smallest absolute Gasteiger partial charge is 0.251 e. The van der Waals surface area contributed by atoms with Gasteiger partial charge in [0, 0.05) is 5.56 Å². The molecular formula is C16H20N4O2S3. The van der Waals surface area contributed by atoms with E-state index >= 15 is 0 Å². The lowest BCUT2D eigenvalue weighted by Gasteiger charge is -2.17. The van der Waals surface area contributed by atoms with E-state index in [0.717, 1.165) is 15.8 Å². The molecule has 0 aliphatic carbocycles. The summed E-state index contributed by atoms with van der Waals surface area (Å²) < 4.78 is 0.812. The van der Waals surface area contributed by atoms with Gasteiger partial charge in [-0.25, -0.2) is 0 Å². The number of rotatable bonds is 9.